The summed E-state index contributed by atoms with van der Waals surface area (Å²) >= 11 is 0. The molecule has 2 aliphatic heterocycles. The van der Waals surface area contributed by atoms with Crippen molar-refractivity contribution < 1.29 is 14.3 Å². The summed E-state index contributed by atoms with van der Waals surface area (Å²) in [5.41, 5.74) is 15.2. The molecule has 4 aromatic carbocycles. The first-order valence-corrected chi connectivity index (χ1v) is 21.9. The molecule has 2 aromatic heterocycles. The van der Waals surface area contributed by atoms with Crippen LogP contribution in [-0.2, 0) is 58.4 Å². The smallest absolute Gasteiger partial charge is 0.322 e. The second kappa shape index (κ2) is 23.5. The van der Waals surface area contributed by atoms with Gasteiger partial charge in [0.15, 0.2) is 11.6 Å². The lowest BCUT2D eigenvalue weighted by molar-refractivity contribution is 0.213. The van der Waals surface area contributed by atoms with Gasteiger partial charge in [0, 0.05) is 43.9 Å². The molecular weight excluding hydrogens is 843 g/mol. The standard InChI is InChI=1S/C25H29N7O.C25H28N6O2.CH4/c1-17-3-5-19(6-4-17)11-12-22-29-23(16-32-15-18(2)28-25(32)33)31-24(30-22)27-14-21-9-7-20(13-26)8-10-21;1-17-4-6-19(7-5-17)10-13-22-28-23(16-31-15-18(2)27-25(31)32)30-24(29-22)26-14-20-8-11-21(33-3)12-9-20;/h3-10H,2,11-16,26H2,1H3,(H,28,33)(H,27,29,30,31);4-9,11-12H,2,10,13-16H2,1,3H3,(H,27,32)(H,26,28,29,30);1H4. The molecule has 0 bridgehead atoms. The normalized spacial score (nSPS) is 13.1. The molecule has 2 fully saturated rings. The predicted molar refractivity (Wildman–Crippen MR) is 262 cm³/mol. The molecule has 348 valence electrons. The van der Waals surface area contributed by atoms with Gasteiger partial charge in [-0.2, -0.15) is 19.9 Å². The monoisotopic (exact) mass is 904 g/mol. The van der Waals surface area contributed by atoms with Crippen LogP contribution in [0.3, 0.4) is 0 Å². The summed E-state index contributed by atoms with van der Waals surface area (Å²) in [6.07, 6.45) is 3.00. The molecule has 0 atom stereocenters. The second-order valence-corrected chi connectivity index (χ2v) is 16.3. The van der Waals surface area contributed by atoms with E-state index in [-0.39, 0.29) is 19.5 Å². The van der Waals surface area contributed by atoms with Crippen LogP contribution in [-0.4, -0.2) is 72.0 Å². The van der Waals surface area contributed by atoms with E-state index in [2.05, 4.69) is 127 Å². The number of rotatable bonds is 18. The zero-order chi connectivity index (χ0) is 46.4. The lowest BCUT2D eigenvalue weighted by Gasteiger charge is -2.14. The molecule has 0 spiro atoms. The van der Waals surface area contributed by atoms with Crippen LogP contribution in [0.2, 0.25) is 0 Å². The number of nitrogens with zero attached hydrogens (tertiary/aromatic N) is 8. The molecule has 6 N–H and O–H groups in total. The van der Waals surface area contributed by atoms with Gasteiger partial charge in [-0.3, -0.25) is 0 Å². The zero-order valence-corrected chi connectivity index (χ0v) is 37.8. The van der Waals surface area contributed by atoms with Crippen LogP contribution in [0.4, 0.5) is 21.5 Å². The molecule has 6 aromatic rings. The van der Waals surface area contributed by atoms with Crippen molar-refractivity contribution >= 4 is 24.0 Å². The highest BCUT2D eigenvalue weighted by Gasteiger charge is 2.25. The number of methoxy groups -OCH3 is 1. The minimum absolute atomic E-state index is 0. The Balaban J connectivity index is 0.000000218. The second-order valence-electron chi connectivity index (χ2n) is 16.3. The van der Waals surface area contributed by atoms with Gasteiger partial charge < -0.3 is 41.5 Å². The van der Waals surface area contributed by atoms with Gasteiger partial charge in [0.25, 0.3) is 0 Å². The number of carbonyl (C=O) groups is 2. The van der Waals surface area contributed by atoms with Crippen molar-refractivity contribution in [2.75, 3.05) is 30.8 Å². The highest BCUT2D eigenvalue weighted by Crippen LogP contribution is 2.17. The lowest BCUT2D eigenvalue weighted by Crippen LogP contribution is -2.28. The number of nitrogens with two attached hydrogens (primary N) is 1. The molecule has 16 nitrogen and oxygen atoms in total. The number of hydrogen-bond acceptors (Lipinski definition) is 12. The Morgan fingerprint density at radius 1 is 0.552 bits per heavy atom. The van der Waals surface area contributed by atoms with E-state index in [1.807, 2.05) is 48.5 Å². The van der Waals surface area contributed by atoms with E-state index < -0.39 is 0 Å². The molecule has 4 amide bonds. The Hall–Kier alpha value is -7.72. The SMILES string of the molecule is C.C=C1CN(Cc2nc(CCc3ccc(C)cc3)nc(NCc3ccc(CN)cc3)n2)C(=O)N1.C=C1CN(Cc2nc(CCc3ccc(C)cc3)nc(NCc3ccc(OC)cc3)n2)C(=O)N1. The van der Waals surface area contributed by atoms with E-state index in [0.717, 1.165) is 35.3 Å². The summed E-state index contributed by atoms with van der Waals surface area (Å²) in [5.74, 6) is 4.29. The maximum atomic E-state index is 12.1. The van der Waals surface area contributed by atoms with Crippen LogP contribution in [0, 0.1) is 13.8 Å². The summed E-state index contributed by atoms with van der Waals surface area (Å²) in [6.45, 7) is 14.9. The van der Waals surface area contributed by atoms with Gasteiger partial charge in [-0.15, -0.1) is 0 Å². The summed E-state index contributed by atoms with van der Waals surface area (Å²) in [5, 5.41) is 12.0. The maximum absolute atomic E-state index is 12.1. The molecular formula is C51H61N13O3. The Kier molecular flexibility index (Phi) is 17.1. The van der Waals surface area contributed by atoms with Gasteiger partial charge in [-0.05, 0) is 66.6 Å². The highest BCUT2D eigenvalue weighted by atomic mass is 16.5. The average Bonchev–Trinajstić information content (AvgIpc) is 3.82. The number of carbonyl (C=O) groups excluding carboxylic acids is 2. The molecule has 4 heterocycles. The fraction of sp³-hybridized carbons (Fsp3) is 0.294. The third kappa shape index (κ3) is 14.6. The number of amides is 4. The van der Waals surface area contributed by atoms with Crippen molar-refractivity contribution in [1.82, 2.24) is 50.3 Å². The third-order valence-electron chi connectivity index (χ3n) is 10.9. The first kappa shape index (κ1) is 48.7. The van der Waals surface area contributed by atoms with E-state index in [1.54, 1.807) is 16.9 Å². The number of nitrogens with one attached hydrogen (secondary N) is 4. The molecule has 2 saturated heterocycles. The van der Waals surface area contributed by atoms with Crippen molar-refractivity contribution in [3.63, 3.8) is 0 Å². The molecule has 0 aliphatic carbocycles. The Morgan fingerprint density at radius 3 is 1.30 bits per heavy atom. The first-order valence-electron chi connectivity index (χ1n) is 21.9. The Labute approximate surface area is 393 Å². The van der Waals surface area contributed by atoms with Crippen LogP contribution in [0.1, 0.15) is 69.7 Å². The number of aromatic nitrogens is 6. The summed E-state index contributed by atoms with van der Waals surface area (Å²) in [6, 6.07) is 32.5. The number of aryl methyl sites for hydroxylation is 6. The van der Waals surface area contributed by atoms with Crippen molar-refractivity contribution in [2.24, 2.45) is 5.73 Å². The van der Waals surface area contributed by atoms with Gasteiger partial charge in [-0.25, -0.2) is 19.6 Å². The highest BCUT2D eigenvalue weighted by molar-refractivity contribution is 5.79. The van der Waals surface area contributed by atoms with Crippen LogP contribution in [0.25, 0.3) is 0 Å². The molecule has 0 radical (unpaired) electrons. The number of hydrogen-bond donors (Lipinski definition) is 5. The van der Waals surface area contributed by atoms with Gasteiger partial charge in [0.1, 0.15) is 17.4 Å². The minimum Gasteiger partial charge on any atom is -0.497 e. The molecule has 8 rings (SSSR count). The summed E-state index contributed by atoms with van der Waals surface area (Å²) < 4.78 is 5.22. The number of ether oxygens (including phenoxy) is 1. The third-order valence-corrected chi connectivity index (χ3v) is 10.9. The van der Waals surface area contributed by atoms with Gasteiger partial charge in [0.2, 0.25) is 11.9 Å². The topological polar surface area (TPSA) is 201 Å². The Bertz CT molecular complexity index is 2440. The van der Waals surface area contributed by atoms with E-state index in [4.69, 9.17) is 10.5 Å². The number of anilines is 2. The van der Waals surface area contributed by atoms with Crippen LogP contribution >= 0.6 is 0 Å². The molecule has 16 heteroatoms. The maximum Gasteiger partial charge on any atom is 0.322 e. The van der Waals surface area contributed by atoms with Crippen LogP contribution in [0.5, 0.6) is 5.75 Å². The minimum atomic E-state index is -0.186. The predicted octanol–water partition coefficient (Wildman–Crippen LogP) is 7.34. The molecule has 2 aliphatic rings. The number of benzene rings is 4. The summed E-state index contributed by atoms with van der Waals surface area (Å²) in [7, 11) is 1.65. The van der Waals surface area contributed by atoms with Crippen molar-refractivity contribution in [3.05, 3.63) is 184 Å². The molecule has 0 saturated carbocycles. The number of urea groups is 2. The van der Waals surface area contributed by atoms with Gasteiger partial charge >= 0.3 is 12.1 Å². The van der Waals surface area contributed by atoms with Crippen molar-refractivity contribution in [3.8, 4) is 5.75 Å². The largest absolute Gasteiger partial charge is 0.497 e. The summed E-state index contributed by atoms with van der Waals surface area (Å²) in [4.78, 5) is 55.2. The zero-order valence-electron chi connectivity index (χ0n) is 37.8. The van der Waals surface area contributed by atoms with Gasteiger partial charge in [0.05, 0.1) is 33.3 Å². The quantitative estimate of drug-likeness (QED) is 0.0576. The lowest BCUT2D eigenvalue weighted by atomic mass is 10.1. The van der Waals surface area contributed by atoms with Crippen LogP contribution in [0.15, 0.2) is 122 Å². The van der Waals surface area contributed by atoms with Crippen molar-refractivity contribution in [1.29, 1.82) is 0 Å². The van der Waals surface area contributed by atoms with E-state index in [9.17, 15) is 9.59 Å². The molecule has 0 unspecified atom stereocenters. The fourth-order valence-electron chi connectivity index (χ4n) is 7.12. The van der Waals surface area contributed by atoms with Crippen LogP contribution < -0.4 is 31.7 Å². The first-order chi connectivity index (χ1) is 32.0. The average molecular weight is 904 g/mol. The fourth-order valence-corrected chi connectivity index (χ4v) is 7.12. The Morgan fingerprint density at radius 2 is 0.925 bits per heavy atom. The van der Waals surface area contributed by atoms with E-state index in [1.165, 1.54) is 22.3 Å². The van der Waals surface area contributed by atoms with E-state index >= 15 is 0 Å². The van der Waals surface area contributed by atoms with Gasteiger partial charge in [-0.1, -0.05) is 117 Å². The molecule has 67 heavy (non-hydrogen) atoms. The van der Waals surface area contributed by atoms with E-state index in [0.29, 0.717) is 105 Å². The van der Waals surface area contributed by atoms with Crippen molar-refractivity contribution in [2.45, 2.75) is 79.7 Å².